The second-order valence-corrected chi connectivity index (χ2v) is 28.9. The van der Waals surface area contributed by atoms with Crippen molar-refractivity contribution >= 4 is 26.5 Å². The van der Waals surface area contributed by atoms with Crippen LogP contribution in [0.15, 0.2) is 0 Å². The van der Waals surface area contributed by atoms with E-state index in [1.165, 1.54) is 15.4 Å². The van der Waals surface area contributed by atoms with E-state index in [0.29, 0.717) is 0 Å². The number of rotatable bonds is 2. The summed E-state index contributed by atoms with van der Waals surface area (Å²) in [5.41, 5.74) is 1.20. The molecule has 2 heteroatoms. The van der Waals surface area contributed by atoms with Crippen LogP contribution in [0.25, 0.3) is 0 Å². The Hall–Kier alpha value is 1.02. The molecule has 2 aliphatic carbocycles. The fraction of sp³-hybridized carbons (Fsp3) is 1.00. The third-order valence-electron chi connectivity index (χ3n) is 4.92. The van der Waals surface area contributed by atoms with E-state index in [2.05, 4.69) is 34.5 Å². The zero-order valence-corrected chi connectivity index (χ0v) is 15.3. The van der Waals surface area contributed by atoms with Crippen LogP contribution in [0.2, 0.25) is 43.9 Å². The molecule has 0 aromatic carbocycles. The van der Waals surface area contributed by atoms with Crippen molar-refractivity contribution in [2.24, 2.45) is 11.8 Å². The molecule has 2 fully saturated rings. The summed E-state index contributed by atoms with van der Waals surface area (Å²) in [4.78, 5) is 8.06. The van der Waals surface area contributed by atoms with E-state index in [1.54, 1.807) is 19.3 Å². The molecular formula is C13H28SiSn. The van der Waals surface area contributed by atoms with Crippen molar-refractivity contribution in [2.45, 2.75) is 63.2 Å². The van der Waals surface area contributed by atoms with E-state index in [4.69, 9.17) is 0 Å². The van der Waals surface area contributed by atoms with E-state index in [9.17, 15) is 0 Å². The molecular weight excluding hydrogens is 303 g/mol. The van der Waals surface area contributed by atoms with Crippen molar-refractivity contribution in [3.8, 4) is 0 Å². The second-order valence-electron chi connectivity index (χ2n) is 8.12. The van der Waals surface area contributed by atoms with Gasteiger partial charge in [0.2, 0.25) is 0 Å². The summed E-state index contributed by atoms with van der Waals surface area (Å²) in [6.07, 6.45) is 4.79. The molecule has 0 nitrogen and oxygen atoms in total. The number of hydrogen-bond donors (Lipinski definition) is 0. The molecule has 0 heterocycles. The summed E-state index contributed by atoms with van der Waals surface area (Å²) >= 11 is -1.66. The van der Waals surface area contributed by atoms with Gasteiger partial charge in [-0.1, -0.05) is 0 Å². The Morgan fingerprint density at radius 1 is 0.933 bits per heavy atom. The summed E-state index contributed by atoms with van der Waals surface area (Å²) in [6.45, 7) is 7.88. The van der Waals surface area contributed by atoms with Crippen LogP contribution in [0.4, 0.5) is 0 Å². The van der Waals surface area contributed by atoms with Gasteiger partial charge in [-0.25, -0.2) is 0 Å². The van der Waals surface area contributed by atoms with Crippen LogP contribution in [-0.4, -0.2) is 26.5 Å². The molecule has 0 aliphatic heterocycles. The van der Waals surface area contributed by atoms with Gasteiger partial charge in [0.05, 0.1) is 0 Å². The van der Waals surface area contributed by atoms with Gasteiger partial charge in [-0.05, 0) is 0 Å². The first-order chi connectivity index (χ1) is 6.71. The molecule has 2 aliphatic rings. The van der Waals surface area contributed by atoms with E-state index in [-0.39, 0.29) is 0 Å². The van der Waals surface area contributed by atoms with Crippen LogP contribution in [0.3, 0.4) is 0 Å². The molecule has 4 atom stereocenters. The summed E-state index contributed by atoms with van der Waals surface area (Å²) in [5.74, 6) is 2.32. The Morgan fingerprint density at radius 3 is 1.87 bits per heavy atom. The van der Waals surface area contributed by atoms with Crippen LogP contribution >= 0.6 is 0 Å². The van der Waals surface area contributed by atoms with Crippen molar-refractivity contribution < 1.29 is 0 Å². The van der Waals surface area contributed by atoms with E-state index < -0.39 is 26.5 Å². The van der Waals surface area contributed by atoms with Crippen LogP contribution in [0.5, 0.6) is 0 Å². The van der Waals surface area contributed by atoms with Crippen molar-refractivity contribution in [1.82, 2.24) is 0 Å². The maximum atomic E-state index is 2.69. The summed E-state index contributed by atoms with van der Waals surface area (Å²) < 4.78 is 1.24. The standard InChI is InChI=1S/C10H19Si.3CH3.Sn/c1-11(2,3)10-7-8-4-5-9(10)6-8;;;;/h7-10H,4-6H2,1-3H3;3*1H3;. The van der Waals surface area contributed by atoms with E-state index in [1.807, 2.05) is 0 Å². The molecule has 0 aromatic heterocycles. The predicted octanol–water partition coefficient (Wildman–Crippen LogP) is 4.83. The van der Waals surface area contributed by atoms with E-state index in [0.717, 1.165) is 5.92 Å². The Labute approximate surface area is 101 Å². The third-order valence-corrected chi connectivity index (χ3v) is 16.8. The molecule has 88 valence electrons. The normalized spacial score (nSPS) is 41.2. The molecule has 2 saturated carbocycles. The van der Waals surface area contributed by atoms with Crippen LogP contribution < -0.4 is 0 Å². The molecule has 0 amide bonds. The quantitative estimate of drug-likeness (QED) is 0.636. The van der Waals surface area contributed by atoms with Crippen molar-refractivity contribution in [3.63, 3.8) is 0 Å². The average molecular weight is 331 g/mol. The molecule has 4 unspecified atom stereocenters. The molecule has 0 radical (unpaired) electrons. The fourth-order valence-electron chi connectivity index (χ4n) is 4.78. The number of fused-ring (bicyclic) bond motifs is 2. The summed E-state index contributed by atoms with van der Waals surface area (Å²) in [6, 6.07) is 0. The van der Waals surface area contributed by atoms with Crippen LogP contribution in [0.1, 0.15) is 19.3 Å². The van der Waals surface area contributed by atoms with Gasteiger partial charge in [0.1, 0.15) is 0 Å². The Morgan fingerprint density at radius 2 is 1.47 bits per heavy atom. The van der Waals surface area contributed by atoms with Crippen molar-refractivity contribution in [3.05, 3.63) is 0 Å². The Bertz CT molecular complexity index is 222. The van der Waals surface area contributed by atoms with Gasteiger partial charge in [0.15, 0.2) is 0 Å². The molecule has 0 spiro atoms. The van der Waals surface area contributed by atoms with Crippen LogP contribution in [0, 0.1) is 11.8 Å². The minimum absolute atomic E-state index is 0.898. The first-order valence-corrected chi connectivity index (χ1v) is 20.5. The maximum absolute atomic E-state index is 2.69. The molecule has 0 saturated heterocycles. The topological polar surface area (TPSA) is 0 Å². The first-order valence-electron chi connectivity index (χ1n) is 6.71. The van der Waals surface area contributed by atoms with E-state index >= 15 is 0 Å². The summed E-state index contributed by atoms with van der Waals surface area (Å²) in [5, 5.41) is 0. The molecule has 2 rings (SSSR count). The van der Waals surface area contributed by atoms with Gasteiger partial charge in [-0.3, -0.25) is 0 Å². The minimum atomic E-state index is -1.66. The zero-order chi connectivity index (χ0) is 11.4. The monoisotopic (exact) mass is 332 g/mol. The SMILES string of the molecule is C[Si](C)(C)C1C2CCC(C2)[CH]1[Sn]([CH3])([CH3])[CH3]. The molecule has 15 heavy (non-hydrogen) atoms. The van der Waals surface area contributed by atoms with Crippen molar-refractivity contribution in [2.75, 3.05) is 0 Å². The molecule has 0 N–H and O–H groups in total. The van der Waals surface area contributed by atoms with Gasteiger partial charge >= 0.3 is 101 Å². The van der Waals surface area contributed by atoms with Crippen LogP contribution in [-0.2, 0) is 0 Å². The molecule has 2 bridgehead atoms. The van der Waals surface area contributed by atoms with Gasteiger partial charge in [0, 0.05) is 0 Å². The fourth-order valence-corrected chi connectivity index (χ4v) is 24.2. The molecule has 0 aromatic rings. The Kier molecular flexibility index (Phi) is 3.12. The number of hydrogen-bond acceptors (Lipinski definition) is 0. The van der Waals surface area contributed by atoms with Gasteiger partial charge in [-0.15, -0.1) is 0 Å². The average Bonchev–Trinajstić information content (AvgIpc) is 2.56. The van der Waals surface area contributed by atoms with Crippen molar-refractivity contribution in [1.29, 1.82) is 0 Å². The van der Waals surface area contributed by atoms with Gasteiger partial charge < -0.3 is 0 Å². The van der Waals surface area contributed by atoms with Gasteiger partial charge in [0.25, 0.3) is 0 Å². The summed E-state index contributed by atoms with van der Waals surface area (Å²) in [7, 11) is -0.898. The Balaban J connectivity index is 2.28. The second kappa shape index (κ2) is 3.76. The predicted molar refractivity (Wildman–Crippen MR) is 75.0 cm³/mol. The third kappa shape index (κ3) is 2.20. The zero-order valence-electron chi connectivity index (χ0n) is 11.4. The first kappa shape index (κ1) is 12.5. The van der Waals surface area contributed by atoms with Gasteiger partial charge in [-0.2, -0.15) is 0 Å².